The van der Waals surface area contributed by atoms with Crippen LogP contribution in [0.25, 0.3) is 0 Å². The maximum Gasteiger partial charge on any atom is 0.161 e. The van der Waals surface area contributed by atoms with Crippen molar-refractivity contribution in [1.29, 1.82) is 0 Å². The van der Waals surface area contributed by atoms with Crippen LogP contribution in [0.5, 0.6) is 0 Å². The van der Waals surface area contributed by atoms with Crippen molar-refractivity contribution in [3.8, 4) is 0 Å². The Labute approximate surface area is 89.9 Å². The molecule has 2 aliphatic carbocycles. The van der Waals surface area contributed by atoms with Gasteiger partial charge in [0.25, 0.3) is 0 Å². The average molecular weight is 217 g/mol. The molecule has 1 heterocycles. The van der Waals surface area contributed by atoms with E-state index in [1.165, 1.54) is 25.7 Å². The number of fused-ring (bicyclic) bond motifs is 2. The van der Waals surface area contributed by atoms with Crippen molar-refractivity contribution >= 4 is 11.6 Å². The van der Waals surface area contributed by atoms with Crippen LogP contribution in [0.4, 0.5) is 0 Å². The molecule has 3 heteroatoms. The van der Waals surface area contributed by atoms with Crippen molar-refractivity contribution in [2.24, 2.45) is 17.8 Å². The third-order valence-electron chi connectivity index (χ3n) is 4.09. The number of alkyl halides is 1. The molecule has 0 spiro atoms. The maximum atomic E-state index is 5.79. The van der Waals surface area contributed by atoms with Gasteiger partial charge in [-0.15, -0.1) is 11.6 Å². The fraction of sp³-hybridized carbons (Fsp3) is 1.00. The molecule has 0 radical (unpaired) electrons. The predicted octanol–water partition coefficient (Wildman–Crippen LogP) is 2.40. The number of ether oxygens (including phenoxy) is 2. The van der Waals surface area contributed by atoms with Crippen LogP contribution in [0.15, 0.2) is 0 Å². The van der Waals surface area contributed by atoms with Gasteiger partial charge < -0.3 is 9.47 Å². The summed E-state index contributed by atoms with van der Waals surface area (Å²) in [4.78, 5) is 0. The standard InChI is InChI=1S/C11H17ClO2/c12-5-9-6-13-11(14-9)10-4-7-1-2-8(10)3-7/h7-11H,1-6H2. The first-order valence-electron chi connectivity index (χ1n) is 5.70. The van der Waals surface area contributed by atoms with Gasteiger partial charge in [-0.25, -0.2) is 0 Å². The fourth-order valence-electron chi connectivity index (χ4n) is 3.40. The second kappa shape index (κ2) is 3.66. The molecule has 2 bridgehead atoms. The summed E-state index contributed by atoms with van der Waals surface area (Å²) < 4.78 is 11.5. The van der Waals surface area contributed by atoms with E-state index in [0.717, 1.165) is 11.8 Å². The second-order valence-electron chi connectivity index (χ2n) is 4.95. The maximum absolute atomic E-state index is 5.79. The lowest BCUT2D eigenvalue weighted by molar-refractivity contribution is -0.107. The number of halogens is 1. The molecule has 2 saturated carbocycles. The van der Waals surface area contributed by atoms with Gasteiger partial charge >= 0.3 is 0 Å². The number of hydrogen-bond donors (Lipinski definition) is 0. The largest absolute Gasteiger partial charge is 0.350 e. The molecular weight excluding hydrogens is 200 g/mol. The Hall–Kier alpha value is 0.210. The Bertz CT molecular complexity index is 221. The van der Waals surface area contributed by atoms with Gasteiger partial charge in [0.2, 0.25) is 0 Å². The van der Waals surface area contributed by atoms with Crippen LogP contribution in [0.3, 0.4) is 0 Å². The van der Waals surface area contributed by atoms with Crippen LogP contribution in [0.1, 0.15) is 25.7 Å². The van der Waals surface area contributed by atoms with Gasteiger partial charge in [-0.3, -0.25) is 0 Å². The average Bonchev–Trinajstić information content (AvgIpc) is 2.93. The molecule has 14 heavy (non-hydrogen) atoms. The third kappa shape index (κ3) is 1.48. The first-order valence-corrected chi connectivity index (χ1v) is 6.23. The van der Waals surface area contributed by atoms with Crippen LogP contribution < -0.4 is 0 Å². The lowest BCUT2D eigenvalue weighted by Gasteiger charge is -2.26. The van der Waals surface area contributed by atoms with Gasteiger partial charge in [-0.1, -0.05) is 6.42 Å². The quantitative estimate of drug-likeness (QED) is 0.660. The zero-order valence-corrected chi connectivity index (χ0v) is 9.08. The Kier molecular flexibility index (Phi) is 2.46. The van der Waals surface area contributed by atoms with Gasteiger partial charge in [-0.05, 0) is 31.1 Å². The molecule has 0 aromatic carbocycles. The van der Waals surface area contributed by atoms with Crippen molar-refractivity contribution < 1.29 is 9.47 Å². The van der Waals surface area contributed by atoms with Crippen LogP contribution in [-0.4, -0.2) is 24.9 Å². The highest BCUT2D eigenvalue weighted by Crippen LogP contribution is 2.50. The zero-order chi connectivity index (χ0) is 9.54. The molecule has 0 N–H and O–H groups in total. The van der Waals surface area contributed by atoms with Crippen molar-refractivity contribution in [2.45, 2.75) is 38.1 Å². The smallest absolute Gasteiger partial charge is 0.161 e. The van der Waals surface area contributed by atoms with Crippen molar-refractivity contribution in [2.75, 3.05) is 12.5 Å². The summed E-state index contributed by atoms with van der Waals surface area (Å²) in [5.41, 5.74) is 0. The van der Waals surface area contributed by atoms with Crippen LogP contribution in [0.2, 0.25) is 0 Å². The van der Waals surface area contributed by atoms with Crippen molar-refractivity contribution in [1.82, 2.24) is 0 Å². The molecule has 0 amide bonds. The minimum Gasteiger partial charge on any atom is -0.350 e. The molecule has 5 unspecified atom stereocenters. The van der Waals surface area contributed by atoms with E-state index in [2.05, 4.69) is 0 Å². The Balaban J connectivity index is 1.62. The molecule has 80 valence electrons. The Morgan fingerprint density at radius 2 is 2.14 bits per heavy atom. The van der Waals surface area contributed by atoms with Crippen LogP contribution >= 0.6 is 11.6 Å². The molecule has 3 aliphatic rings. The van der Waals surface area contributed by atoms with E-state index in [0.29, 0.717) is 18.4 Å². The molecule has 0 aromatic rings. The Morgan fingerprint density at radius 3 is 2.71 bits per heavy atom. The zero-order valence-electron chi connectivity index (χ0n) is 8.32. The van der Waals surface area contributed by atoms with Gasteiger partial charge in [-0.2, -0.15) is 0 Å². The summed E-state index contributed by atoms with van der Waals surface area (Å²) in [6.07, 6.45) is 5.77. The molecule has 5 atom stereocenters. The van der Waals surface area contributed by atoms with E-state index >= 15 is 0 Å². The topological polar surface area (TPSA) is 18.5 Å². The summed E-state index contributed by atoms with van der Waals surface area (Å²) in [6, 6.07) is 0. The third-order valence-corrected chi connectivity index (χ3v) is 4.43. The molecule has 3 rings (SSSR count). The van der Waals surface area contributed by atoms with E-state index in [1.807, 2.05) is 0 Å². The molecule has 1 aliphatic heterocycles. The molecule has 0 aromatic heterocycles. The highest BCUT2D eigenvalue weighted by molar-refractivity contribution is 6.18. The van der Waals surface area contributed by atoms with Gasteiger partial charge in [0.1, 0.15) is 0 Å². The minimum atomic E-state index is 0.0639. The predicted molar refractivity (Wildman–Crippen MR) is 54.3 cm³/mol. The van der Waals surface area contributed by atoms with Crippen molar-refractivity contribution in [3.05, 3.63) is 0 Å². The molecular formula is C11H17ClO2. The second-order valence-corrected chi connectivity index (χ2v) is 5.26. The van der Waals surface area contributed by atoms with E-state index < -0.39 is 0 Å². The van der Waals surface area contributed by atoms with E-state index in [4.69, 9.17) is 21.1 Å². The lowest BCUT2D eigenvalue weighted by Crippen LogP contribution is -2.27. The monoisotopic (exact) mass is 216 g/mol. The van der Waals surface area contributed by atoms with Gasteiger partial charge in [0.15, 0.2) is 6.29 Å². The first-order chi connectivity index (χ1) is 6.86. The summed E-state index contributed by atoms with van der Waals surface area (Å²) in [7, 11) is 0. The summed E-state index contributed by atoms with van der Waals surface area (Å²) in [6.45, 7) is 0.696. The molecule has 3 fully saturated rings. The highest BCUT2D eigenvalue weighted by Gasteiger charge is 2.46. The highest BCUT2D eigenvalue weighted by atomic mass is 35.5. The lowest BCUT2D eigenvalue weighted by atomic mass is 9.88. The molecule has 1 saturated heterocycles. The van der Waals surface area contributed by atoms with Crippen LogP contribution in [-0.2, 0) is 9.47 Å². The van der Waals surface area contributed by atoms with Gasteiger partial charge in [0.05, 0.1) is 18.6 Å². The van der Waals surface area contributed by atoms with E-state index in [9.17, 15) is 0 Å². The van der Waals surface area contributed by atoms with E-state index in [-0.39, 0.29) is 12.4 Å². The van der Waals surface area contributed by atoms with Crippen molar-refractivity contribution in [3.63, 3.8) is 0 Å². The number of hydrogen-bond acceptors (Lipinski definition) is 2. The van der Waals surface area contributed by atoms with Gasteiger partial charge in [0, 0.05) is 5.92 Å². The summed E-state index contributed by atoms with van der Waals surface area (Å²) in [5.74, 6) is 3.07. The van der Waals surface area contributed by atoms with E-state index in [1.54, 1.807) is 0 Å². The normalized spacial score (nSPS) is 51.6. The Morgan fingerprint density at radius 1 is 1.21 bits per heavy atom. The SMILES string of the molecule is ClCC1COC(C2CC3CCC2C3)O1. The summed E-state index contributed by atoms with van der Waals surface area (Å²) in [5, 5.41) is 0. The first kappa shape index (κ1) is 9.44. The summed E-state index contributed by atoms with van der Waals surface area (Å²) >= 11 is 5.75. The van der Waals surface area contributed by atoms with Crippen LogP contribution in [0, 0.1) is 17.8 Å². The number of rotatable bonds is 2. The molecule has 2 nitrogen and oxygen atoms in total. The fourth-order valence-corrected chi connectivity index (χ4v) is 3.56. The minimum absolute atomic E-state index is 0.0639.